The van der Waals surface area contributed by atoms with Crippen molar-refractivity contribution in [1.82, 2.24) is 9.88 Å². The van der Waals surface area contributed by atoms with E-state index >= 15 is 0 Å². The van der Waals surface area contributed by atoms with E-state index in [0.717, 1.165) is 38.4 Å². The van der Waals surface area contributed by atoms with Crippen molar-refractivity contribution in [3.8, 4) is 0 Å². The first-order valence-electron chi connectivity index (χ1n) is 7.80. The van der Waals surface area contributed by atoms with Crippen LogP contribution in [0.3, 0.4) is 0 Å². The molecule has 1 amide bonds. The monoisotopic (exact) mass is 289 g/mol. The van der Waals surface area contributed by atoms with Gasteiger partial charge in [0.05, 0.1) is 0 Å². The number of aryl methyl sites for hydroxylation is 1. The molecule has 0 unspecified atom stereocenters. The van der Waals surface area contributed by atoms with Crippen LogP contribution in [0.25, 0.3) is 0 Å². The van der Waals surface area contributed by atoms with Gasteiger partial charge in [-0.25, -0.2) is 4.98 Å². The lowest BCUT2D eigenvalue weighted by Gasteiger charge is -2.36. The van der Waals surface area contributed by atoms with E-state index in [4.69, 9.17) is 0 Å². The van der Waals surface area contributed by atoms with E-state index in [-0.39, 0.29) is 5.41 Å². The minimum absolute atomic E-state index is 0.225. The molecule has 0 aliphatic carbocycles. The van der Waals surface area contributed by atoms with Crippen LogP contribution in [0.4, 0.5) is 5.82 Å². The van der Waals surface area contributed by atoms with Crippen molar-refractivity contribution >= 4 is 11.7 Å². The first-order valence-corrected chi connectivity index (χ1v) is 7.80. The molecule has 1 aromatic heterocycles. The fourth-order valence-electron chi connectivity index (χ4n) is 2.52. The number of piperazine rings is 1. The molecule has 116 valence electrons. The van der Waals surface area contributed by atoms with Crippen molar-refractivity contribution in [1.29, 1.82) is 0 Å². The number of hydrogen-bond donors (Lipinski definition) is 0. The van der Waals surface area contributed by atoms with Crippen LogP contribution in [0, 0.1) is 12.3 Å². The molecule has 1 aliphatic rings. The third kappa shape index (κ3) is 4.73. The number of nitrogens with zero attached hydrogens (tertiary/aromatic N) is 3. The van der Waals surface area contributed by atoms with Gasteiger partial charge in [-0.3, -0.25) is 4.79 Å². The number of amides is 1. The molecule has 4 nitrogen and oxygen atoms in total. The Bertz CT molecular complexity index is 485. The summed E-state index contributed by atoms with van der Waals surface area (Å²) in [4.78, 5) is 20.9. The van der Waals surface area contributed by atoms with E-state index < -0.39 is 0 Å². The summed E-state index contributed by atoms with van der Waals surface area (Å²) in [6, 6.07) is 4.12. The van der Waals surface area contributed by atoms with Gasteiger partial charge in [0.15, 0.2) is 0 Å². The molecule has 4 heteroatoms. The second-order valence-electron chi connectivity index (χ2n) is 7.12. The van der Waals surface area contributed by atoms with Gasteiger partial charge in [0.25, 0.3) is 0 Å². The van der Waals surface area contributed by atoms with Gasteiger partial charge in [0, 0.05) is 38.8 Å². The molecule has 0 aromatic carbocycles. The zero-order chi connectivity index (χ0) is 15.5. The van der Waals surface area contributed by atoms with Crippen molar-refractivity contribution in [2.75, 3.05) is 31.1 Å². The second-order valence-corrected chi connectivity index (χ2v) is 7.12. The van der Waals surface area contributed by atoms with Gasteiger partial charge in [-0.1, -0.05) is 20.8 Å². The fourth-order valence-corrected chi connectivity index (χ4v) is 2.52. The molecule has 2 rings (SSSR count). The third-order valence-electron chi connectivity index (χ3n) is 3.95. The highest BCUT2D eigenvalue weighted by Crippen LogP contribution is 2.22. The molecular formula is C17H27N3O. The van der Waals surface area contributed by atoms with Crippen molar-refractivity contribution in [3.63, 3.8) is 0 Å². The molecule has 0 spiro atoms. The fraction of sp³-hybridized carbons (Fsp3) is 0.647. The summed E-state index contributed by atoms with van der Waals surface area (Å²) in [5.41, 5.74) is 1.45. The number of anilines is 1. The number of carbonyl (C=O) groups is 1. The van der Waals surface area contributed by atoms with Gasteiger partial charge in [0.2, 0.25) is 5.91 Å². The summed E-state index contributed by atoms with van der Waals surface area (Å²) in [6.45, 7) is 12.0. The Hall–Kier alpha value is -1.58. The molecular weight excluding hydrogens is 262 g/mol. The summed E-state index contributed by atoms with van der Waals surface area (Å²) in [5, 5.41) is 0. The molecule has 1 aromatic rings. The summed E-state index contributed by atoms with van der Waals surface area (Å²) in [5.74, 6) is 1.32. The summed E-state index contributed by atoms with van der Waals surface area (Å²) in [6.07, 6.45) is 3.46. The van der Waals surface area contributed by atoms with Crippen LogP contribution in [0.1, 0.15) is 39.2 Å². The van der Waals surface area contributed by atoms with E-state index in [1.807, 2.05) is 17.2 Å². The highest BCUT2D eigenvalue weighted by atomic mass is 16.2. The largest absolute Gasteiger partial charge is 0.353 e. The number of hydrogen-bond acceptors (Lipinski definition) is 3. The Balaban J connectivity index is 1.84. The zero-order valence-electron chi connectivity index (χ0n) is 13.7. The van der Waals surface area contributed by atoms with Crippen LogP contribution in [0.15, 0.2) is 18.3 Å². The molecule has 1 saturated heterocycles. The Morgan fingerprint density at radius 3 is 2.48 bits per heavy atom. The first-order chi connectivity index (χ1) is 9.85. The molecule has 21 heavy (non-hydrogen) atoms. The lowest BCUT2D eigenvalue weighted by atomic mass is 9.90. The van der Waals surface area contributed by atoms with Crippen molar-refractivity contribution in [2.24, 2.45) is 5.41 Å². The van der Waals surface area contributed by atoms with E-state index in [1.54, 1.807) is 0 Å². The number of pyridine rings is 1. The molecule has 1 fully saturated rings. The lowest BCUT2D eigenvalue weighted by Crippen LogP contribution is -2.49. The van der Waals surface area contributed by atoms with Crippen molar-refractivity contribution in [2.45, 2.75) is 40.5 Å². The second kappa shape index (κ2) is 6.46. The SMILES string of the molecule is Cc1ccnc(N2CCN(C(=O)CCC(C)(C)C)CC2)c1. The smallest absolute Gasteiger partial charge is 0.222 e. The molecule has 0 N–H and O–H groups in total. The summed E-state index contributed by atoms with van der Waals surface area (Å²) < 4.78 is 0. The van der Waals surface area contributed by atoms with Gasteiger partial charge in [-0.05, 0) is 36.5 Å². The topological polar surface area (TPSA) is 36.4 Å². The predicted octanol–water partition coefficient (Wildman–Crippen LogP) is 2.86. The third-order valence-corrected chi connectivity index (χ3v) is 3.95. The average molecular weight is 289 g/mol. The van der Waals surface area contributed by atoms with E-state index in [9.17, 15) is 4.79 Å². The lowest BCUT2D eigenvalue weighted by molar-refractivity contribution is -0.132. The Labute approximate surface area is 128 Å². The molecule has 2 heterocycles. The van der Waals surface area contributed by atoms with Crippen LogP contribution >= 0.6 is 0 Å². The molecule has 0 atom stereocenters. The Kier molecular flexibility index (Phi) is 4.86. The molecule has 0 radical (unpaired) electrons. The molecule has 0 bridgehead atoms. The van der Waals surface area contributed by atoms with Crippen molar-refractivity contribution in [3.05, 3.63) is 23.9 Å². The van der Waals surface area contributed by atoms with Crippen LogP contribution in [0.2, 0.25) is 0 Å². The van der Waals surface area contributed by atoms with Crippen LogP contribution < -0.4 is 4.90 Å². The molecule has 0 saturated carbocycles. The highest BCUT2D eigenvalue weighted by Gasteiger charge is 2.23. The van der Waals surface area contributed by atoms with Crippen molar-refractivity contribution < 1.29 is 4.79 Å². The van der Waals surface area contributed by atoms with Crippen LogP contribution in [0.5, 0.6) is 0 Å². The van der Waals surface area contributed by atoms with E-state index in [2.05, 4.69) is 43.6 Å². The number of aromatic nitrogens is 1. The Morgan fingerprint density at radius 1 is 1.24 bits per heavy atom. The van der Waals surface area contributed by atoms with Gasteiger partial charge in [0.1, 0.15) is 5.82 Å². The maximum Gasteiger partial charge on any atom is 0.222 e. The van der Waals surface area contributed by atoms with Gasteiger partial charge in [-0.2, -0.15) is 0 Å². The van der Waals surface area contributed by atoms with E-state index in [0.29, 0.717) is 12.3 Å². The van der Waals surface area contributed by atoms with E-state index in [1.165, 1.54) is 5.56 Å². The maximum atomic E-state index is 12.2. The number of carbonyl (C=O) groups excluding carboxylic acids is 1. The molecule has 1 aliphatic heterocycles. The van der Waals surface area contributed by atoms with Crippen LogP contribution in [-0.2, 0) is 4.79 Å². The summed E-state index contributed by atoms with van der Waals surface area (Å²) in [7, 11) is 0. The Morgan fingerprint density at radius 2 is 1.90 bits per heavy atom. The minimum atomic E-state index is 0.225. The predicted molar refractivity (Wildman–Crippen MR) is 86.5 cm³/mol. The van der Waals surface area contributed by atoms with Gasteiger partial charge < -0.3 is 9.80 Å². The first kappa shape index (κ1) is 15.8. The van der Waals surface area contributed by atoms with Gasteiger partial charge >= 0.3 is 0 Å². The minimum Gasteiger partial charge on any atom is -0.353 e. The highest BCUT2D eigenvalue weighted by molar-refractivity contribution is 5.76. The zero-order valence-corrected chi connectivity index (χ0v) is 13.7. The quantitative estimate of drug-likeness (QED) is 0.858. The average Bonchev–Trinajstić information content (AvgIpc) is 2.44. The van der Waals surface area contributed by atoms with Gasteiger partial charge in [-0.15, -0.1) is 0 Å². The van der Waals surface area contributed by atoms with Crippen LogP contribution in [-0.4, -0.2) is 42.0 Å². The summed E-state index contributed by atoms with van der Waals surface area (Å²) >= 11 is 0. The number of rotatable bonds is 3. The normalized spacial score (nSPS) is 16.2. The standard InChI is InChI=1S/C17H27N3O/c1-14-6-8-18-15(13-14)19-9-11-20(12-10-19)16(21)5-7-17(2,3)4/h6,8,13H,5,7,9-12H2,1-4H3. The maximum absolute atomic E-state index is 12.2.